The van der Waals surface area contributed by atoms with Crippen LogP contribution in [0.5, 0.6) is 0 Å². The second kappa shape index (κ2) is 5.77. The Morgan fingerprint density at radius 3 is 2.38 bits per heavy atom. The van der Waals surface area contributed by atoms with Crippen molar-refractivity contribution in [2.24, 2.45) is 5.41 Å². The summed E-state index contributed by atoms with van der Waals surface area (Å²) < 4.78 is 26.8. The minimum absolute atomic E-state index is 0.113. The Morgan fingerprint density at radius 2 is 1.86 bits per heavy atom. The number of carboxylic acids is 1. The van der Waals surface area contributed by atoms with E-state index in [0.717, 1.165) is 19.3 Å². The van der Waals surface area contributed by atoms with Crippen LogP contribution in [0.25, 0.3) is 0 Å². The van der Waals surface area contributed by atoms with Crippen LogP contribution in [0.15, 0.2) is 29.2 Å². The second-order valence-corrected chi connectivity index (χ2v) is 7.78. The molecule has 0 atom stereocenters. The average Bonchev–Trinajstić information content (AvgIpc) is 2.47. The third-order valence-electron chi connectivity index (χ3n) is 4.52. The van der Waals surface area contributed by atoms with E-state index >= 15 is 0 Å². The molecule has 5 nitrogen and oxygen atoms in total. The second-order valence-electron chi connectivity index (χ2n) is 5.87. The lowest BCUT2D eigenvalue weighted by Gasteiger charge is -2.38. The van der Waals surface area contributed by atoms with E-state index in [0.29, 0.717) is 13.1 Å². The Hall–Kier alpha value is -1.40. The van der Waals surface area contributed by atoms with Gasteiger partial charge in [-0.15, -0.1) is 0 Å². The molecule has 0 aromatic heterocycles. The Balaban J connectivity index is 2.30. The number of rotatable bonds is 4. The lowest BCUT2D eigenvalue weighted by Crippen LogP contribution is -2.42. The first kappa shape index (κ1) is 16.0. The Labute approximate surface area is 125 Å². The van der Waals surface area contributed by atoms with E-state index < -0.39 is 16.0 Å². The van der Waals surface area contributed by atoms with Crippen LogP contribution in [0.2, 0.25) is 0 Å². The number of sulfonamides is 1. The van der Waals surface area contributed by atoms with Gasteiger partial charge in [-0.2, -0.15) is 4.31 Å². The maximum absolute atomic E-state index is 12.7. The van der Waals surface area contributed by atoms with Gasteiger partial charge in [-0.3, -0.25) is 0 Å². The van der Waals surface area contributed by atoms with Gasteiger partial charge < -0.3 is 5.11 Å². The number of hydrogen-bond donors (Lipinski definition) is 1. The number of hydrogen-bond acceptors (Lipinski definition) is 3. The number of carbonyl (C=O) groups is 1. The molecule has 0 spiro atoms. The van der Waals surface area contributed by atoms with Gasteiger partial charge in [0, 0.05) is 13.1 Å². The molecule has 1 aromatic rings. The van der Waals surface area contributed by atoms with Crippen LogP contribution < -0.4 is 0 Å². The van der Waals surface area contributed by atoms with Crippen molar-refractivity contribution in [3.63, 3.8) is 0 Å². The van der Waals surface area contributed by atoms with Crippen molar-refractivity contribution in [1.82, 2.24) is 4.31 Å². The molecule has 1 aliphatic rings. The van der Waals surface area contributed by atoms with Gasteiger partial charge in [-0.1, -0.05) is 32.4 Å². The van der Waals surface area contributed by atoms with E-state index in [4.69, 9.17) is 5.11 Å². The molecule has 0 aliphatic carbocycles. The van der Waals surface area contributed by atoms with E-state index in [9.17, 15) is 13.2 Å². The van der Waals surface area contributed by atoms with Crippen molar-refractivity contribution >= 4 is 16.0 Å². The summed E-state index contributed by atoms with van der Waals surface area (Å²) in [7, 11) is -3.74. The first-order valence-corrected chi connectivity index (χ1v) is 8.57. The van der Waals surface area contributed by atoms with Gasteiger partial charge in [-0.25, -0.2) is 13.2 Å². The van der Waals surface area contributed by atoms with Crippen molar-refractivity contribution in [2.45, 2.75) is 38.0 Å². The highest BCUT2D eigenvalue weighted by atomic mass is 32.2. The van der Waals surface area contributed by atoms with Gasteiger partial charge in [0.1, 0.15) is 0 Å². The quantitative estimate of drug-likeness (QED) is 0.927. The zero-order valence-corrected chi connectivity index (χ0v) is 13.2. The van der Waals surface area contributed by atoms with Gasteiger partial charge >= 0.3 is 5.97 Å². The molecule has 1 fully saturated rings. The molecule has 116 valence electrons. The maximum Gasteiger partial charge on any atom is 0.337 e. The third-order valence-corrected chi connectivity index (χ3v) is 6.48. The zero-order chi connectivity index (χ0) is 15.7. The van der Waals surface area contributed by atoms with Gasteiger partial charge in [0.15, 0.2) is 0 Å². The van der Waals surface area contributed by atoms with Crippen LogP contribution in [0.3, 0.4) is 0 Å². The molecule has 0 unspecified atom stereocenters. The summed E-state index contributed by atoms with van der Waals surface area (Å²) >= 11 is 0. The van der Waals surface area contributed by atoms with Crippen molar-refractivity contribution in [2.75, 3.05) is 13.1 Å². The van der Waals surface area contributed by atoms with Crippen LogP contribution in [0.4, 0.5) is 0 Å². The molecule has 1 N–H and O–H groups in total. The predicted octanol–water partition coefficient (Wildman–Crippen LogP) is 2.59. The van der Waals surface area contributed by atoms with Crippen LogP contribution in [-0.2, 0) is 10.0 Å². The Bertz CT molecular complexity index is 631. The summed E-state index contributed by atoms with van der Waals surface area (Å²) in [6.45, 7) is 5.17. The summed E-state index contributed by atoms with van der Waals surface area (Å²) in [5, 5.41) is 9.17. The molecule has 1 aliphatic heterocycles. The Kier molecular flexibility index (Phi) is 4.39. The highest BCUT2D eigenvalue weighted by molar-refractivity contribution is 7.89. The number of nitrogens with zero attached hydrogens (tertiary/aromatic N) is 1. The highest BCUT2D eigenvalue weighted by Crippen LogP contribution is 2.36. The molecule has 0 saturated carbocycles. The molecule has 1 saturated heterocycles. The summed E-state index contributed by atoms with van der Waals surface area (Å²) in [6.07, 6.45) is 2.63. The molecule has 0 amide bonds. The van der Waals surface area contributed by atoms with Crippen molar-refractivity contribution in [1.29, 1.82) is 0 Å². The molecule has 1 aromatic carbocycles. The van der Waals surface area contributed by atoms with Crippen molar-refractivity contribution in [3.05, 3.63) is 29.8 Å². The summed E-state index contributed by atoms with van der Waals surface area (Å²) in [4.78, 5) is 11.1. The topological polar surface area (TPSA) is 74.7 Å². The van der Waals surface area contributed by atoms with Gasteiger partial charge in [0.25, 0.3) is 0 Å². The third kappa shape index (κ3) is 3.11. The van der Waals surface area contributed by atoms with Gasteiger partial charge in [-0.05, 0) is 30.4 Å². The molecule has 0 bridgehead atoms. The fourth-order valence-electron chi connectivity index (χ4n) is 2.63. The Morgan fingerprint density at radius 1 is 1.29 bits per heavy atom. The molecule has 2 rings (SSSR count). The zero-order valence-electron chi connectivity index (χ0n) is 12.4. The molecular formula is C15H21NO4S. The average molecular weight is 311 g/mol. The maximum atomic E-state index is 12.7. The lowest BCUT2D eigenvalue weighted by atomic mass is 9.79. The van der Waals surface area contributed by atoms with Crippen molar-refractivity contribution in [3.8, 4) is 0 Å². The predicted molar refractivity (Wildman–Crippen MR) is 79.8 cm³/mol. The molecule has 21 heavy (non-hydrogen) atoms. The fraction of sp³-hybridized carbons (Fsp3) is 0.533. The number of piperidine rings is 1. The van der Waals surface area contributed by atoms with E-state index in [1.165, 1.54) is 22.5 Å². The first-order chi connectivity index (χ1) is 9.80. The molecular weight excluding hydrogens is 290 g/mol. The first-order valence-electron chi connectivity index (χ1n) is 7.13. The van der Waals surface area contributed by atoms with Crippen molar-refractivity contribution < 1.29 is 18.3 Å². The standard InChI is InChI=1S/C15H21NO4S/c1-3-15(2)8-10-16(11-9-15)21(19,20)13-7-5-4-6-12(13)14(17)18/h4-7H,3,8-11H2,1-2H3,(H,17,18). The van der Waals surface area contributed by atoms with Crippen LogP contribution in [-0.4, -0.2) is 36.9 Å². The fourth-order valence-corrected chi connectivity index (χ4v) is 4.25. The molecule has 0 radical (unpaired) electrons. The minimum atomic E-state index is -3.74. The van der Waals surface area contributed by atoms with E-state index in [1.54, 1.807) is 6.07 Å². The number of aromatic carboxylic acids is 1. The lowest BCUT2D eigenvalue weighted by molar-refractivity contribution is 0.0692. The van der Waals surface area contributed by atoms with Gasteiger partial charge in [0.2, 0.25) is 10.0 Å². The van der Waals surface area contributed by atoms with Crippen LogP contribution in [0.1, 0.15) is 43.5 Å². The monoisotopic (exact) mass is 311 g/mol. The summed E-state index contributed by atoms with van der Waals surface area (Å²) in [5.41, 5.74) is 0.0135. The van der Waals surface area contributed by atoms with E-state index in [2.05, 4.69) is 13.8 Å². The van der Waals surface area contributed by atoms with E-state index in [-0.39, 0.29) is 15.9 Å². The van der Waals surface area contributed by atoms with E-state index in [1.807, 2.05) is 0 Å². The summed E-state index contributed by atoms with van der Waals surface area (Å²) in [5.74, 6) is -1.22. The number of carboxylic acid groups (broad SMARTS) is 1. The van der Waals surface area contributed by atoms with Crippen LogP contribution in [0, 0.1) is 5.41 Å². The SMILES string of the molecule is CCC1(C)CCN(S(=O)(=O)c2ccccc2C(=O)O)CC1. The minimum Gasteiger partial charge on any atom is -0.478 e. The van der Waals surface area contributed by atoms with Gasteiger partial charge in [0.05, 0.1) is 10.5 Å². The number of benzene rings is 1. The highest BCUT2D eigenvalue weighted by Gasteiger charge is 2.35. The molecule has 1 heterocycles. The van der Waals surface area contributed by atoms with Crippen LogP contribution >= 0.6 is 0 Å². The smallest absolute Gasteiger partial charge is 0.337 e. The normalized spacial score (nSPS) is 19.3. The summed E-state index contributed by atoms with van der Waals surface area (Å²) in [6, 6.07) is 5.79. The molecule has 6 heteroatoms. The largest absolute Gasteiger partial charge is 0.478 e.